The number of carbonyl (C=O) groups excluding carboxylic acids is 1. The van der Waals surface area contributed by atoms with Crippen molar-refractivity contribution in [2.75, 3.05) is 24.2 Å². The van der Waals surface area contributed by atoms with E-state index in [0.29, 0.717) is 37.2 Å². The average molecular weight is 449 g/mol. The Labute approximate surface area is 181 Å². The Balaban J connectivity index is 1.63. The fourth-order valence-corrected chi connectivity index (χ4v) is 6.28. The van der Waals surface area contributed by atoms with E-state index in [9.17, 15) is 17.4 Å². The molecule has 162 valence electrons. The molecule has 0 aliphatic carbocycles. The molecule has 2 unspecified atom stereocenters. The van der Waals surface area contributed by atoms with Gasteiger partial charge in [0.25, 0.3) is 0 Å². The smallest absolute Gasteiger partial charge is 0.228 e. The van der Waals surface area contributed by atoms with Crippen molar-refractivity contribution in [2.24, 2.45) is 5.92 Å². The minimum Gasteiger partial charge on any atom is -0.326 e. The highest BCUT2D eigenvalue weighted by Gasteiger charge is 2.31. The standard InChI is InChI=1S/C22H28N2O4S2/c1-2-14-30(27,28)24-13-7-9-19(16-24)22(25)23-20-10-6-8-18(15-20)17-29(26)21-11-4-3-5-12-21/h3-6,8,10-12,15,19H,2,7,9,13-14,16-17H2,1H3,(H,23,25). The molecule has 1 heterocycles. The van der Waals surface area contributed by atoms with Crippen LogP contribution in [0, 0.1) is 5.92 Å². The molecule has 2 aromatic carbocycles. The Morgan fingerprint density at radius 1 is 1.17 bits per heavy atom. The number of hydrogen-bond donors (Lipinski definition) is 1. The van der Waals surface area contributed by atoms with Crippen molar-refractivity contribution in [1.29, 1.82) is 0 Å². The Kier molecular flexibility index (Phi) is 7.80. The van der Waals surface area contributed by atoms with Crippen LogP contribution in [0.25, 0.3) is 0 Å². The van der Waals surface area contributed by atoms with E-state index in [2.05, 4.69) is 5.32 Å². The number of amides is 1. The second kappa shape index (κ2) is 10.3. The van der Waals surface area contributed by atoms with Crippen molar-refractivity contribution in [2.45, 2.75) is 36.8 Å². The van der Waals surface area contributed by atoms with Crippen molar-refractivity contribution in [3.63, 3.8) is 0 Å². The summed E-state index contributed by atoms with van der Waals surface area (Å²) in [4.78, 5) is 13.5. The first-order valence-electron chi connectivity index (χ1n) is 10.2. The normalized spacial score (nSPS) is 18.6. The molecule has 1 saturated heterocycles. The van der Waals surface area contributed by atoms with Crippen molar-refractivity contribution in [3.8, 4) is 0 Å². The highest BCUT2D eigenvalue weighted by atomic mass is 32.2. The number of piperidine rings is 1. The molecule has 1 N–H and O–H groups in total. The summed E-state index contributed by atoms with van der Waals surface area (Å²) in [6, 6.07) is 16.6. The zero-order chi connectivity index (χ0) is 21.6. The molecule has 0 saturated carbocycles. The first kappa shape index (κ1) is 22.7. The lowest BCUT2D eigenvalue weighted by molar-refractivity contribution is -0.120. The van der Waals surface area contributed by atoms with Crippen LogP contribution in [0.2, 0.25) is 0 Å². The molecule has 0 radical (unpaired) electrons. The predicted octanol–water partition coefficient (Wildman–Crippen LogP) is 3.38. The third kappa shape index (κ3) is 6.00. The summed E-state index contributed by atoms with van der Waals surface area (Å²) in [6.07, 6.45) is 1.91. The van der Waals surface area contributed by atoms with Gasteiger partial charge in [0.1, 0.15) is 0 Å². The Morgan fingerprint density at radius 3 is 2.67 bits per heavy atom. The molecule has 2 atom stereocenters. The van der Waals surface area contributed by atoms with Crippen LogP contribution in [0.5, 0.6) is 0 Å². The summed E-state index contributed by atoms with van der Waals surface area (Å²) in [5.74, 6) is -0.0671. The summed E-state index contributed by atoms with van der Waals surface area (Å²) in [6.45, 7) is 2.54. The Bertz CT molecular complexity index is 993. The maximum atomic E-state index is 12.8. The molecule has 3 rings (SSSR count). The van der Waals surface area contributed by atoms with Gasteiger partial charge in [-0.05, 0) is 49.1 Å². The van der Waals surface area contributed by atoms with E-state index in [0.717, 1.165) is 10.5 Å². The lowest BCUT2D eigenvalue weighted by Gasteiger charge is -2.31. The zero-order valence-electron chi connectivity index (χ0n) is 17.1. The average Bonchev–Trinajstić information content (AvgIpc) is 2.74. The van der Waals surface area contributed by atoms with Crippen LogP contribution in [0.3, 0.4) is 0 Å². The van der Waals surface area contributed by atoms with E-state index < -0.39 is 20.8 Å². The van der Waals surface area contributed by atoms with Crippen molar-refractivity contribution < 1.29 is 17.4 Å². The van der Waals surface area contributed by atoms with Crippen LogP contribution in [0.1, 0.15) is 31.7 Å². The van der Waals surface area contributed by atoms with Gasteiger partial charge in [-0.1, -0.05) is 37.3 Å². The maximum Gasteiger partial charge on any atom is 0.228 e. The Hall–Kier alpha value is -2.03. The van der Waals surface area contributed by atoms with E-state index in [-0.39, 0.29) is 24.1 Å². The predicted molar refractivity (Wildman–Crippen MR) is 120 cm³/mol. The number of carbonyl (C=O) groups is 1. The molecular weight excluding hydrogens is 420 g/mol. The van der Waals surface area contributed by atoms with E-state index in [1.807, 2.05) is 55.5 Å². The summed E-state index contributed by atoms with van der Waals surface area (Å²) in [7, 11) is -4.46. The summed E-state index contributed by atoms with van der Waals surface area (Å²) < 4.78 is 38.7. The molecule has 6 nitrogen and oxygen atoms in total. The fourth-order valence-electron chi connectivity index (χ4n) is 3.59. The zero-order valence-corrected chi connectivity index (χ0v) is 18.8. The van der Waals surface area contributed by atoms with Crippen molar-refractivity contribution in [1.82, 2.24) is 4.31 Å². The van der Waals surface area contributed by atoms with Gasteiger partial charge in [-0.15, -0.1) is 0 Å². The molecule has 0 bridgehead atoms. The van der Waals surface area contributed by atoms with Crippen LogP contribution < -0.4 is 5.32 Å². The Morgan fingerprint density at radius 2 is 1.93 bits per heavy atom. The van der Waals surface area contributed by atoms with Gasteiger partial charge < -0.3 is 5.32 Å². The van der Waals surface area contributed by atoms with E-state index >= 15 is 0 Å². The van der Waals surface area contributed by atoms with Gasteiger partial charge in [0.15, 0.2) is 0 Å². The minimum absolute atomic E-state index is 0.113. The number of sulfonamides is 1. The largest absolute Gasteiger partial charge is 0.326 e. The SMILES string of the molecule is CCCS(=O)(=O)N1CCCC(C(=O)Nc2cccc(CS(=O)c3ccccc3)c2)C1. The molecule has 8 heteroatoms. The maximum absolute atomic E-state index is 12.8. The lowest BCUT2D eigenvalue weighted by Crippen LogP contribution is -2.44. The number of rotatable bonds is 8. The van der Waals surface area contributed by atoms with Crippen LogP contribution in [0.4, 0.5) is 5.69 Å². The van der Waals surface area contributed by atoms with Crippen LogP contribution in [-0.4, -0.2) is 41.7 Å². The summed E-state index contributed by atoms with van der Waals surface area (Å²) >= 11 is 0. The molecule has 30 heavy (non-hydrogen) atoms. The monoisotopic (exact) mass is 448 g/mol. The molecule has 1 fully saturated rings. The quantitative estimate of drug-likeness (QED) is 0.671. The third-order valence-electron chi connectivity index (χ3n) is 5.11. The fraction of sp³-hybridized carbons (Fsp3) is 0.409. The van der Waals surface area contributed by atoms with E-state index in [1.165, 1.54) is 4.31 Å². The van der Waals surface area contributed by atoms with Gasteiger partial charge in [-0.2, -0.15) is 0 Å². The topological polar surface area (TPSA) is 83.6 Å². The molecular formula is C22H28N2O4S2. The van der Waals surface area contributed by atoms with Crippen molar-refractivity contribution >= 4 is 32.4 Å². The minimum atomic E-state index is -3.30. The molecule has 1 amide bonds. The summed E-state index contributed by atoms with van der Waals surface area (Å²) in [5.41, 5.74) is 1.50. The number of hydrogen-bond acceptors (Lipinski definition) is 4. The molecule has 1 aliphatic rings. The van der Waals surface area contributed by atoms with E-state index in [4.69, 9.17) is 0 Å². The number of nitrogens with one attached hydrogen (secondary N) is 1. The third-order valence-corrected chi connectivity index (χ3v) is 8.54. The van der Waals surface area contributed by atoms with E-state index in [1.54, 1.807) is 6.07 Å². The number of anilines is 1. The first-order chi connectivity index (χ1) is 14.4. The van der Waals surface area contributed by atoms with Crippen LogP contribution in [-0.2, 0) is 31.4 Å². The molecule has 1 aliphatic heterocycles. The lowest BCUT2D eigenvalue weighted by atomic mass is 9.98. The molecule has 0 aromatic heterocycles. The van der Waals surface area contributed by atoms with Gasteiger partial charge in [0, 0.05) is 23.7 Å². The molecule has 0 spiro atoms. The molecule has 2 aromatic rings. The highest BCUT2D eigenvalue weighted by Crippen LogP contribution is 2.22. The number of benzene rings is 2. The van der Waals surface area contributed by atoms with Gasteiger partial charge in [0.2, 0.25) is 15.9 Å². The number of nitrogens with zero attached hydrogens (tertiary/aromatic N) is 1. The van der Waals surface area contributed by atoms with Crippen molar-refractivity contribution in [3.05, 3.63) is 60.2 Å². The second-order valence-electron chi connectivity index (χ2n) is 7.51. The first-order valence-corrected chi connectivity index (χ1v) is 13.1. The summed E-state index contributed by atoms with van der Waals surface area (Å²) in [5, 5.41) is 2.91. The van der Waals surface area contributed by atoms with Gasteiger partial charge in [-0.3, -0.25) is 9.00 Å². The van der Waals surface area contributed by atoms with Crippen LogP contribution >= 0.6 is 0 Å². The highest BCUT2D eigenvalue weighted by molar-refractivity contribution is 7.89. The second-order valence-corrected chi connectivity index (χ2v) is 11.0. The van der Waals surface area contributed by atoms with Gasteiger partial charge >= 0.3 is 0 Å². The van der Waals surface area contributed by atoms with Gasteiger partial charge in [0.05, 0.1) is 28.2 Å². The van der Waals surface area contributed by atoms with Gasteiger partial charge in [-0.25, -0.2) is 12.7 Å². The van der Waals surface area contributed by atoms with Crippen LogP contribution in [0.15, 0.2) is 59.5 Å².